The molecule has 4 saturated heterocycles. The molecule has 0 aromatic rings. The van der Waals surface area contributed by atoms with Crippen LogP contribution in [0.2, 0.25) is 0 Å². The number of hydrogen-bond donors (Lipinski definition) is 8. The third-order valence-electron chi connectivity index (χ3n) is 19.4. The van der Waals surface area contributed by atoms with Gasteiger partial charge in [0.15, 0.2) is 0 Å². The van der Waals surface area contributed by atoms with Crippen LogP contribution in [-0.4, -0.2) is 253 Å². The number of alkyl carbamates (subject to hydrolysis) is 4. The number of aliphatic carboxylic acids is 1. The average molecular weight is 1930 g/mol. The molecule has 0 bridgehead atoms. The molecule has 6 rings (SSSR count). The maximum atomic E-state index is 13.4. The summed E-state index contributed by atoms with van der Waals surface area (Å²) in [6.07, 6.45) is 22.2. The number of rotatable bonds is 26. The Balaban J connectivity index is 0. The number of amides is 8. The molecule has 136 heavy (non-hydrogen) atoms. The van der Waals surface area contributed by atoms with Crippen molar-refractivity contribution in [1.82, 2.24) is 46.6 Å². The maximum Gasteiger partial charge on any atom is 0.408 e. The zero-order valence-electron chi connectivity index (χ0n) is 87.7. The largest absolute Gasteiger partial charge is 0.480 e. The Bertz CT molecular complexity index is 3920. The van der Waals surface area contributed by atoms with E-state index in [1.54, 1.807) is 162 Å². The number of carboxylic acids is 1. The van der Waals surface area contributed by atoms with E-state index >= 15 is 0 Å². The number of esters is 6. The second kappa shape index (κ2) is 60.4. The minimum atomic E-state index is -1.11. The predicted molar refractivity (Wildman–Crippen MR) is 521 cm³/mol. The fourth-order valence-corrected chi connectivity index (χ4v) is 14.1. The van der Waals surface area contributed by atoms with Crippen molar-refractivity contribution in [2.24, 2.45) is 5.73 Å². The quantitative estimate of drug-likeness (QED) is 0.0226. The molecule has 0 aromatic heterocycles. The molecular weight excluding hydrogens is 1760 g/mol. The van der Waals surface area contributed by atoms with Crippen molar-refractivity contribution >= 4 is 89.8 Å². The van der Waals surface area contributed by atoms with E-state index in [0.717, 1.165) is 38.5 Å². The number of nitrogens with one attached hydrogen (secondary N) is 6. The minimum Gasteiger partial charge on any atom is -0.480 e. The molecule has 6 aliphatic rings. The van der Waals surface area contributed by atoms with Crippen LogP contribution in [0.15, 0.2) is 74.9 Å². The van der Waals surface area contributed by atoms with Gasteiger partial charge in [-0.25, -0.2) is 33.6 Å². The first-order chi connectivity index (χ1) is 62.6. The second-order valence-corrected chi connectivity index (χ2v) is 41.0. The van der Waals surface area contributed by atoms with Gasteiger partial charge in [-0.1, -0.05) is 76.3 Å². The number of carbonyl (C=O) groups is 15. The van der Waals surface area contributed by atoms with Crippen LogP contribution in [0.25, 0.3) is 0 Å². The van der Waals surface area contributed by atoms with Crippen molar-refractivity contribution in [2.45, 2.75) is 459 Å². The van der Waals surface area contributed by atoms with Gasteiger partial charge in [-0.05, 0) is 289 Å². The van der Waals surface area contributed by atoms with Gasteiger partial charge in [-0.3, -0.25) is 38.4 Å². The monoisotopic (exact) mass is 1930 g/mol. The Morgan fingerprint density at radius 1 is 0.441 bits per heavy atom. The lowest BCUT2D eigenvalue weighted by atomic mass is 10.0. The lowest BCUT2D eigenvalue weighted by molar-refractivity contribution is -0.164. The third kappa shape index (κ3) is 53.9. The number of nitrogens with zero attached hydrogens (tertiary/aromatic N) is 3. The lowest BCUT2D eigenvalue weighted by Gasteiger charge is -2.34. The van der Waals surface area contributed by atoms with E-state index in [9.17, 15) is 71.9 Å². The van der Waals surface area contributed by atoms with E-state index in [1.807, 2.05) is 77.7 Å². The Labute approximate surface area is 810 Å². The summed E-state index contributed by atoms with van der Waals surface area (Å²) in [5.74, 6) is -4.95. The smallest absolute Gasteiger partial charge is 0.408 e. The van der Waals surface area contributed by atoms with Gasteiger partial charge in [-0.2, -0.15) is 0 Å². The maximum absolute atomic E-state index is 13.4. The molecular formula is C100H172N10O26. The molecule has 9 N–H and O–H groups in total. The van der Waals surface area contributed by atoms with Gasteiger partial charge in [0.25, 0.3) is 0 Å². The van der Waals surface area contributed by atoms with Crippen molar-refractivity contribution in [3.63, 3.8) is 0 Å². The molecule has 0 saturated carbocycles. The summed E-state index contributed by atoms with van der Waals surface area (Å²) in [6.45, 7) is 67.0. The zero-order chi connectivity index (χ0) is 106. The van der Waals surface area contributed by atoms with Gasteiger partial charge in [0.1, 0.15) is 99.2 Å². The highest BCUT2D eigenvalue weighted by Gasteiger charge is 2.48. The summed E-state index contributed by atoms with van der Waals surface area (Å²) >= 11 is 0. The fraction of sp³-hybridized carbons (Fsp3) is 0.730. The van der Waals surface area contributed by atoms with Crippen LogP contribution in [-0.2, 0) is 100 Å². The number of ether oxygens (including phenoxy) is 10. The normalized spacial score (nSPS) is 21.5. The van der Waals surface area contributed by atoms with Crippen molar-refractivity contribution in [1.29, 1.82) is 0 Å². The van der Waals surface area contributed by atoms with Crippen LogP contribution < -0.4 is 37.6 Å². The van der Waals surface area contributed by atoms with E-state index in [0.29, 0.717) is 51.0 Å². The van der Waals surface area contributed by atoms with E-state index in [-0.39, 0.29) is 105 Å². The average Bonchev–Trinajstić information content (AvgIpc) is 1.64. The van der Waals surface area contributed by atoms with E-state index in [2.05, 4.69) is 80.7 Å². The molecule has 6 heterocycles. The minimum absolute atomic E-state index is 0.0137. The standard InChI is InChI=1S/C26H41N3O8.C22H36N2O5.C13H20N2O3.C13H25NO4.C12H21NO2.C10H17NO4.2C2H6/c1-25(2,3)36-20(30)15-13-18(23(33)37-26(4,5)6)27-21(31)19-14-12-16-10-8-9-11-17(22(32)29(16)19)28-24(34)35-7;1-9-11-15-13-14-17(19(26)28-21(3,4)5)24(15)18(25)16(12-10-2)23-20(27)29-22(6,7)8;1-9-7-8-10-5-3-4-6-11(12(16)15(9)10)14-13(17)18-2;1-12(2,3)17-10(15)8-7-9(14)11(16)18-13(4,5)6;1-5-6-9-7-8-10(13-9)11(14)15-12(2,3)4;1-5-6-7(8(12)13)11-9(14)15-10(2,3)4;2*1-2/h8-9,16-19H,10-15H2,1-7H3,(H,27,31)(H,28,34);9-10,15-17H,1-2,11-14H2,3-8H3,(H,23,27);3-4,9-11H,5-8H2,1-2H3,(H,14,17);9H,7-8,14H2,1-6H3;5,9-10,13H,1,6-8H2,2-4H3;5,7H,1,6H2,2-4H3,(H,11,14)(H,12,13);2*1-2H3/b9-8-;;4-3-;;;;;/t16-,17+,18+,19+;15-,16+,17+;9-,10-,11+;9-;9-,10+;7-;;/m111010../s1. The second-order valence-electron chi connectivity index (χ2n) is 41.0. The van der Waals surface area contributed by atoms with Crippen molar-refractivity contribution in [3.05, 3.63) is 74.9 Å². The summed E-state index contributed by atoms with van der Waals surface area (Å²) in [5, 5.41) is 24.7. The van der Waals surface area contributed by atoms with Crippen LogP contribution in [0.1, 0.15) is 329 Å². The van der Waals surface area contributed by atoms with Crippen LogP contribution >= 0.6 is 0 Å². The highest BCUT2D eigenvalue weighted by Crippen LogP contribution is 2.34. The summed E-state index contributed by atoms with van der Waals surface area (Å²) < 4.78 is 51.3. The lowest BCUT2D eigenvalue weighted by Crippen LogP contribution is -2.57. The number of hydrogen-bond acceptors (Lipinski definition) is 27. The molecule has 8 amide bonds. The molecule has 14 atom stereocenters. The third-order valence-corrected chi connectivity index (χ3v) is 19.4. The van der Waals surface area contributed by atoms with E-state index in [4.69, 9.17) is 48.7 Å². The van der Waals surface area contributed by atoms with Gasteiger partial charge < -0.3 is 105 Å². The fourth-order valence-electron chi connectivity index (χ4n) is 14.1. The van der Waals surface area contributed by atoms with Crippen LogP contribution in [0.3, 0.4) is 0 Å². The van der Waals surface area contributed by atoms with Crippen LogP contribution in [0, 0.1) is 0 Å². The zero-order valence-corrected chi connectivity index (χ0v) is 87.7. The topological polar surface area (TPSA) is 476 Å². The Morgan fingerprint density at radius 3 is 1.26 bits per heavy atom. The Morgan fingerprint density at radius 2 is 0.831 bits per heavy atom. The van der Waals surface area contributed by atoms with Gasteiger partial charge in [0.2, 0.25) is 23.6 Å². The first-order valence-electron chi connectivity index (χ1n) is 47.4. The summed E-state index contributed by atoms with van der Waals surface area (Å²) in [4.78, 5) is 187. The number of methoxy groups -OCH3 is 2. The van der Waals surface area contributed by atoms with Gasteiger partial charge in [0, 0.05) is 43.1 Å². The molecule has 0 spiro atoms. The summed E-state index contributed by atoms with van der Waals surface area (Å²) in [6, 6.07) is -6.27. The van der Waals surface area contributed by atoms with Crippen LogP contribution in [0.5, 0.6) is 0 Å². The number of fused-ring (bicyclic) bond motifs is 2. The number of carbonyl (C=O) groups excluding carboxylic acids is 14. The summed E-state index contributed by atoms with van der Waals surface area (Å²) in [7, 11) is 2.52. The molecule has 36 heteroatoms. The predicted octanol–water partition coefficient (Wildman–Crippen LogP) is 14.9. The van der Waals surface area contributed by atoms with E-state index < -0.39 is 153 Å². The molecule has 4 fully saturated rings. The highest BCUT2D eigenvalue weighted by molar-refractivity contribution is 5.95. The molecule has 0 radical (unpaired) electrons. The highest BCUT2D eigenvalue weighted by atomic mass is 16.6. The number of carboxylic acid groups (broad SMARTS) is 1. The molecule has 0 unspecified atom stereocenters. The first-order valence-corrected chi connectivity index (χ1v) is 47.4. The molecule has 778 valence electrons. The van der Waals surface area contributed by atoms with Crippen molar-refractivity contribution < 1.29 is 124 Å². The Hall–Kier alpha value is -10.4. The number of nitrogens with two attached hydrogens (primary N) is 1. The van der Waals surface area contributed by atoms with E-state index in [1.165, 1.54) is 25.2 Å². The van der Waals surface area contributed by atoms with Gasteiger partial charge >= 0.3 is 66.2 Å². The van der Waals surface area contributed by atoms with Crippen molar-refractivity contribution in [3.8, 4) is 0 Å². The van der Waals surface area contributed by atoms with Gasteiger partial charge in [0.05, 0.1) is 14.2 Å². The number of likely N-dealkylation sites (tertiary alicyclic amines) is 1. The van der Waals surface area contributed by atoms with Crippen molar-refractivity contribution in [2.75, 3.05) is 14.2 Å². The van der Waals surface area contributed by atoms with Crippen LogP contribution in [0.4, 0.5) is 19.2 Å². The Kier molecular flexibility index (Phi) is 56.7. The SMILES string of the molecule is C=CC[C@@H]1CC[C@@H](C(=O)OC(C)(C)C)N1.C=CC[C@@H]1CC[C@@H](C(=O)OC(C)(C)C)N1C(=O)[C@H](CC=C)NC(=O)OC(C)(C)C.C=CC[C@H](NC(=O)OC(C)(C)C)C(=O)O.CC.CC.CC(C)(C)OC(=O)CC[C@H](N)C(=O)OC(C)(C)C.COC(=O)N[C@H]1C/C=C\C[C@@H]2CC[C@@H](C(=O)N[C@@H](CCC(=O)OC(C)(C)C)C(=O)OC(C)(C)C)N2C1=O.COC(=O)N[C@H]1C/C=C\C[C@@H]2CC[C@@H](C)N2C1=O. The van der Waals surface area contributed by atoms with Gasteiger partial charge in [-0.15, -0.1) is 26.3 Å². The molecule has 0 aromatic carbocycles. The molecule has 0 aliphatic carbocycles. The molecule has 36 nitrogen and oxygen atoms in total. The molecule has 6 aliphatic heterocycles. The first kappa shape index (κ1) is 128. The summed E-state index contributed by atoms with van der Waals surface area (Å²) in [5.41, 5.74) is 0.700.